The minimum absolute atomic E-state index is 0.556. The summed E-state index contributed by atoms with van der Waals surface area (Å²) in [6, 6.07) is 1.92. The van der Waals surface area contributed by atoms with Gasteiger partial charge in [-0.25, -0.2) is 0 Å². The number of likely N-dealkylation sites (N-methyl/N-ethyl adjacent to an activating group) is 1. The Morgan fingerprint density at radius 2 is 1.90 bits per heavy atom. The van der Waals surface area contributed by atoms with Gasteiger partial charge in [0.05, 0.1) is 6.61 Å². The molecule has 2 rings (SSSR count). The van der Waals surface area contributed by atoms with Crippen LogP contribution in [-0.2, 0) is 4.74 Å². The van der Waals surface area contributed by atoms with Crippen LogP contribution >= 0.6 is 0 Å². The second kappa shape index (κ2) is 7.24. The molecule has 0 aromatic rings. The summed E-state index contributed by atoms with van der Waals surface area (Å²) in [6.45, 7) is 10.0. The average Bonchev–Trinajstić information content (AvgIpc) is 2.45. The van der Waals surface area contributed by atoms with Gasteiger partial charge in [0.15, 0.2) is 0 Å². The van der Waals surface area contributed by atoms with E-state index in [4.69, 9.17) is 4.74 Å². The lowest BCUT2D eigenvalue weighted by Gasteiger charge is -2.45. The first-order valence-corrected chi connectivity index (χ1v) is 8.56. The molecule has 2 aliphatic rings. The third-order valence-corrected chi connectivity index (χ3v) is 5.39. The first-order valence-electron chi connectivity index (χ1n) is 8.56. The minimum Gasteiger partial charge on any atom is -0.380 e. The van der Waals surface area contributed by atoms with E-state index in [0.717, 1.165) is 32.2 Å². The Labute approximate surface area is 125 Å². The molecule has 118 valence electrons. The van der Waals surface area contributed by atoms with Gasteiger partial charge in [0.1, 0.15) is 0 Å². The Morgan fingerprint density at radius 3 is 2.55 bits per heavy atom. The van der Waals surface area contributed by atoms with E-state index in [1.165, 1.54) is 32.1 Å². The van der Waals surface area contributed by atoms with Gasteiger partial charge in [-0.15, -0.1) is 0 Å². The van der Waals surface area contributed by atoms with Crippen LogP contribution in [0.25, 0.3) is 0 Å². The molecule has 1 N–H and O–H groups in total. The number of nitrogens with one attached hydrogen (secondary N) is 1. The second-order valence-electron chi connectivity index (χ2n) is 7.55. The lowest BCUT2D eigenvalue weighted by Crippen LogP contribution is -2.57. The van der Waals surface area contributed by atoms with Gasteiger partial charge >= 0.3 is 0 Å². The zero-order valence-corrected chi connectivity index (χ0v) is 14.0. The predicted octanol–water partition coefficient (Wildman–Crippen LogP) is 3.04. The van der Waals surface area contributed by atoms with E-state index in [0.29, 0.717) is 17.5 Å². The number of hydrogen-bond acceptors (Lipinski definition) is 3. The van der Waals surface area contributed by atoms with E-state index in [2.05, 4.69) is 38.0 Å². The molecule has 0 aromatic heterocycles. The summed E-state index contributed by atoms with van der Waals surface area (Å²) in [5.41, 5.74) is 0.556. The van der Waals surface area contributed by atoms with E-state index in [-0.39, 0.29) is 0 Å². The first-order chi connectivity index (χ1) is 9.53. The Morgan fingerprint density at radius 1 is 1.20 bits per heavy atom. The van der Waals surface area contributed by atoms with Crippen molar-refractivity contribution in [1.29, 1.82) is 0 Å². The molecule has 0 radical (unpaired) electrons. The van der Waals surface area contributed by atoms with E-state index in [1.807, 2.05) is 0 Å². The summed E-state index contributed by atoms with van der Waals surface area (Å²) in [5.74, 6) is 0. The molecule has 1 aliphatic carbocycles. The maximum Gasteiger partial charge on any atom is 0.0637 e. The van der Waals surface area contributed by atoms with Crippen molar-refractivity contribution in [3.8, 4) is 0 Å². The fraction of sp³-hybridized carbons (Fsp3) is 1.00. The van der Waals surface area contributed by atoms with Crippen molar-refractivity contribution in [2.24, 2.45) is 5.41 Å². The van der Waals surface area contributed by atoms with Gasteiger partial charge in [-0.2, -0.15) is 0 Å². The van der Waals surface area contributed by atoms with Gasteiger partial charge in [-0.05, 0) is 57.5 Å². The SMILES string of the molecule is CCCNC1CCOCC1N(C)C1CCC(C)(C)CC1. The second-order valence-corrected chi connectivity index (χ2v) is 7.55. The molecular formula is C17H34N2O. The smallest absolute Gasteiger partial charge is 0.0637 e. The quantitative estimate of drug-likeness (QED) is 0.839. The highest BCUT2D eigenvalue weighted by molar-refractivity contribution is 4.91. The number of rotatable bonds is 5. The van der Waals surface area contributed by atoms with Crippen LogP contribution < -0.4 is 5.32 Å². The van der Waals surface area contributed by atoms with Crippen molar-refractivity contribution in [1.82, 2.24) is 10.2 Å². The summed E-state index contributed by atoms with van der Waals surface area (Å²) < 4.78 is 5.76. The van der Waals surface area contributed by atoms with Crippen molar-refractivity contribution in [3.63, 3.8) is 0 Å². The topological polar surface area (TPSA) is 24.5 Å². The molecule has 0 bridgehead atoms. The highest BCUT2D eigenvalue weighted by Gasteiger charge is 2.35. The molecule has 3 heteroatoms. The maximum absolute atomic E-state index is 5.76. The normalized spacial score (nSPS) is 31.6. The van der Waals surface area contributed by atoms with Crippen LogP contribution in [0.4, 0.5) is 0 Å². The Hall–Kier alpha value is -0.120. The Bertz CT molecular complexity index is 283. The molecule has 1 heterocycles. The fourth-order valence-corrected chi connectivity index (χ4v) is 3.75. The van der Waals surface area contributed by atoms with Crippen molar-refractivity contribution in [2.45, 2.75) is 77.4 Å². The van der Waals surface area contributed by atoms with Gasteiger partial charge in [-0.3, -0.25) is 4.90 Å². The molecule has 0 amide bonds. The summed E-state index contributed by atoms with van der Waals surface area (Å²) in [6.07, 6.45) is 7.80. The molecule has 2 unspecified atom stereocenters. The maximum atomic E-state index is 5.76. The van der Waals surface area contributed by atoms with E-state index >= 15 is 0 Å². The summed E-state index contributed by atoms with van der Waals surface area (Å²) in [5, 5.41) is 3.74. The highest BCUT2D eigenvalue weighted by atomic mass is 16.5. The molecule has 20 heavy (non-hydrogen) atoms. The van der Waals surface area contributed by atoms with E-state index in [1.54, 1.807) is 0 Å². The van der Waals surface area contributed by atoms with Crippen LogP contribution in [0.5, 0.6) is 0 Å². The number of hydrogen-bond donors (Lipinski definition) is 1. The lowest BCUT2D eigenvalue weighted by atomic mass is 9.75. The monoisotopic (exact) mass is 282 g/mol. The molecule has 3 nitrogen and oxygen atoms in total. The summed E-state index contributed by atoms with van der Waals surface area (Å²) in [7, 11) is 2.32. The Kier molecular flexibility index (Phi) is 5.88. The van der Waals surface area contributed by atoms with Crippen molar-refractivity contribution < 1.29 is 4.74 Å². The van der Waals surface area contributed by atoms with Crippen LogP contribution in [0.3, 0.4) is 0 Å². The van der Waals surface area contributed by atoms with Crippen LogP contribution in [-0.4, -0.2) is 49.8 Å². The molecule has 2 atom stereocenters. The average molecular weight is 282 g/mol. The minimum atomic E-state index is 0.556. The van der Waals surface area contributed by atoms with Gasteiger partial charge in [0, 0.05) is 24.7 Å². The van der Waals surface area contributed by atoms with Crippen molar-refractivity contribution >= 4 is 0 Å². The van der Waals surface area contributed by atoms with E-state index < -0.39 is 0 Å². The molecule has 1 aliphatic heterocycles. The van der Waals surface area contributed by atoms with Crippen LogP contribution in [0.2, 0.25) is 0 Å². The molecule has 1 saturated heterocycles. The van der Waals surface area contributed by atoms with Gasteiger partial charge in [-0.1, -0.05) is 20.8 Å². The zero-order valence-electron chi connectivity index (χ0n) is 14.0. The zero-order chi connectivity index (χ0) is 14.6. The van der Waals surface area contributed by atoms with Crippen molar-refractivity contribution in [2.75, 3.05) is 26.8 Å². The molecule has 0 aromatic carbocycles. The third kappa shape index (κ3) is 4.19. The molecule has 2 fully saturated rings. The highest BCUT2D eigenvalue weighted by Crippen LogP contribution is 2.37. The number of nitrogens with zero attached hydrogens (tertiary/aromatic N) is 1. The predicted molar refractivity (Wildman–Crippen MR) is 85.1 cm³/mol. The van der Waals surface area contributed by atoms with Crippen LogP contribution in [0.1, 0.15) is 59.3 Å². The van der Waals surface area contributed by atoms with Gasteiger partial charge in [0.25, 0.3) is 0 Å². The van der Waals surface area contributed by atoms with Crippen LogP contribution in [0.15, 0.2) is 0 Å². The van der Waals surface area contributed by atoms with Crippen molar-refractivity contribution in [3.05, 3.63) is 0 Å². The summed E-state index contributed by atoms with van der Waals surface area (Å²) >= 11 is 0. The van der Waals surface area contributed by atoms with Crippen LogP contribution in [0, 0.1) is 5.41 Å². The largest absolute Gasteiger partial charge is 0.380 e. The van der Waals surface area contributed by atoms with Gasteiger partial charge < -0.3 is 10.1 Å². The summed E-state index contributed by atoms with van der Waals surface area (Å²) in [4.78, 5) is 2.63. The Balaban J connectivity index is 1.90. The fourth-order valence-electron chi connectivity index (χ4n) is 3.75. The van der Waals surface area contributed by atoms with Gasteiger partial charge in [0.2, 0.25) is 0 Å². The standard InChI is InChI=1S/C17H34N2O/c1-5-11-18-15-8-12-20-13-16(15)19(4)14-6-9-17(2,3)10-7-14/h14-16,18H,5-13H2,1-4H3. The van der Waals surface area contributed by atoms with E-state index in [9.17, 15) is 0 Å². The third-order valence-electron chi connectivity index (χ3n) is 5.39. The lowest BCUT2D eigenvalue weighted by molar-refractivity contribution is -0.0198. The number of ether oxygens (including phenoxy) is 1. The molecule has 1 saturated carbocycles. The molecule has 0 spiro atoms. The first kappa shape index (κ1) is 16.3. The molecular weight excluding hydrogens is 248 g/mol.